The fourth-order valence-electron chi connectivity index (χ4n) is 1.63. The first kappa shape index (κ1) is 14.3. The second-order valence-corrected chi connectivity index (χ2v) is 3.96. The van der Waals surface area contributed by atoms with E-state index in [9.17, 15) is 17.6 Å². The lowest BCUT2D eigenvalue weighted by atomic mass is 10.0. The molecule has 0 amide bonds. The second kappa shape index (κ2) is 5.49. The second-order valence-electron chi connectivity index (χ2n) is 3.96. The Kier molecular flexibility index (Phi) is 3.93. The quantitative estimate of drug-likeness (QED) is 0.880. The van der Waals surface area contributed by atoms with Crippen LogP contribution in [-0.4, -0.2) is 15.0 Å². The van der Waals surface area contributed by atoms with E-state index in [1.165, 1.54) is 6.07 Å². The van der Waals surface area contributed by atoms with E-state index in [1.807, 2.05) is 0 Å². The average Bonchev–Trinajstić information content (AvgIpc) is 2.45. The standard InChI is InChI=1S/C12H10F4N4/c13-2-10-18-5-8(6-19-10)9-1-7(3-17)4-20-11(9)12(14,15)16/h1,4-6H,2-3,17H2. The number of aromatic nitrogens is 3. The molecule has 20 heavy (non-hydrogen) atoms. The first-order valence-corrected chi connectivity index (χ1v) is 5.59. The third-order valence-corrected chi connectivity index (χ3v) is 2.58. The molecule has 0 saturated heterocycles. The lowest BCUT2D eigenvalue weighted by Crippen LogP contribution is -2.12. The Morgan fingerprint density at radius 1 is 1.05 bits per heavy atom. The van der Waals surface area contributed by atoms with Gasteiger partial charge in [-0.1, -0.05) is 0 Å². The molecule has 2 heterocycles. The van der Waals surface area contributed by atoms with Gasteiger partial charge in [0, 0.05) is 36.3 Å². The SMILES string of the molecule is NCc1cnc(C(F)(F)F)c(-c2cnc(CF)nc2)c1. The molecule has 2 aromatic rings. The molecule has 0 aliphatic heterocycles. The molecule has 0 aliphatic carbocycles. The van der Waals surface area contributed by atoms with E-state index in [1.54, 1.807) is 0 Å². The van der Waals surface area contributed by atoms with Crippen molar-refractivity contribution in [3.63, 3.8) is 0 Å². The molecule has 0 fully saturated rings. The number of hydrogen-bond donors (Lipinski definition) is 1. The normalized spacial score (nSPS) is 11.7. The molecule has 2 N–H and O–H groups in total. The van der Waals surface area contributed by atoms with Gasteiger partial charge in [-0.05, 0) is 11.6 Å². The molecule has 0 radical (unpaired) electrons. The van der Waals surface area contributed by atoms with Crippen molar-refractivity contribution in [2.45, 2.75) is 19.4 Å². The Morgan fingerprint density at radius 3 is 2.20 bits per heavy atom. The number of halogens is 4. The molecule has 0 bridgehead atoms. The lowest BCUT2D eigenvalue weighted by Gasteiger charge is -2.12. The van der Waals surface area contributed by atoms with Crippen LogP contribution < -0.4 is 5.73 Å². The van der Waals surface area contributed by atoms with Gasteiger partial charge in [-0.2, -0.15) is 13.2 Å². The maximum atomic E-state index is 12.9. The molecule has 106 valence electrons. The molecular formula is C12H10F4N4. The summed E-state index contributed by atoms with van der Waals surface area (Å²) in [5.74, 6) is -0.0924. The Morgan fingerprint density at radius 2 is 1.70 bits per heavy atom. The monoisotopic (exact) mass is 286 g/mol. The maximum absolute atomic E-state index is 12.9. The molecule has 0 aliphatic rings. The van der Waals surface area contributed by atoms with Crippen LogP contribution in [0.1, 0.15) is 17.1 Å². The van der Waals surface area contributed by atoms with Crippen molar-refractivity contribution in [1.29, 1.82) is 0 Å². The molecule has 2 aromatic heterocycles. The summed E-state index contributed by atoms with van der Waals surface area (Å²) < 4.78 is 51.1. The molecule has 0 spiro atoms. The molecule has 4 nitrogen and oxygen atoms in total. The van der Waals surface area contributed by atoms with Gasteiger partial charge in [0.05, 0.1) is 0 Å². The Hall–Kier alpha value is -2.09. The fraction of sp³-hybridized carbons (Fsp3) is 0.250. The van der Waals surface area contributed by atoms with Crippen molar-refractivity contribution in [3.8, 4) is 11.1 Å². The van der Waals surface area contributed by atoms with Gasteiger partial charge in [0.1, 0.15) is 6.67 Å². The number of pyridine rings is 1. The minimum absolute atomic E-state index is 0.0571. The van der Waals surface area contributed by atoms with Gasteiger partial charge >= 0.3 is 6.18 Å². The van der Waals surface area contributed by atoms with Crippen LogP contribution >= 0.6 is 0 Å². The van der Waals surface area contributed by atoms with E-state index in [4.69, 9.17) is 5.73 Å². The van der Waals surface area contributed by atoms with Crippen LogP contribution in [-0.2, 0) is 19.4 Å². The first-order valence-electron chi connectivity index (χ1n) is 5.59. The zero-order valence-electron chi connectivity index (χ0n) is 10.2. The minimum Gasteiger partial charge on any atom is -0.326 e. The van der Waals surface area contributed by atoms with Crippen LogP contribution in [0.15, 0.2) is 24.7 Å². The van der Waals surface area contributed by atoms with Gasteiger partial charge in [-0.25, -0.2) is 14.4 Å². The topological polar surface area (TPSA) is 64.7 Å². The van der Waals surface area contributed by atoms with Crippen molar-refractivity contribution in [3.05, 3.63) is 41.7 Å². The molecule has 0 unspecified atom stereocenters. The van der Waals surface area contributed by atoms with Crippen molar-refractivity contribution in [2.75, 3.05) is 0 Å². The van der Waals surface area contributed by atoms with Gasteiger partial charge < -0.3 is 5.73 Å². The zero-order chi connectivity index (χ0) is 14.8. The molecular weight excluding hydrogens is 276 g/mol. The third kappa shape index (κ3) is 2.90. The number of nitrogens with two attached hydrogens (primary N) is 1. The van der Waals surface area contributed by atoms with Gasteiger partial charge in [0.25, 0.3) is 0 Å². The van der Waals surface area contributed by atoms with E-state index in [-0.39, 0.29) is 23.5 Å². The summed E-state index contributed by atoms with van der Waals surface area (Å²) in [6, 6.07) is 1.28. The molecule has 0 atom stereocenters. The Balaban J connectivity index is 2.56. The summed E-state index contributed by atoms with van der Waals surface area (Å²) in [7, 11) is 0. The smallest absolute Gasteiger partial charge is 0.326 e. The van der Waals surface area contributed by atoms with Gasteiger partial charge in [0.15, 0.2) is 11.5 Å². The van der Waals surface area contributed by atoms with Crippen LogP contribution in [0.4, 0.5) is 17.6 Å². The highest BCUT2D eigenvalue weighted by Gasteiger charge is 2.35. The highest BCUT2D eigenvalue weighted by Crippen LogP contribution is 2.35. The number of rotatable bonds is 3. The largest absolute Gasteiger partial charge is 0.433 e. The Labute approximate surface area is 111 Å². The van der Waals surface area contributed by atoms with Crippen molar-refractivity contribution < 1.29 is 17.6 Å². The lowest BCUT2D eigenvalue weighted by molar-refractivity contribution is -0.140. The van der Waals surface area contributed by atoms with Crippen molar-refractivity contribution >= 4 is 0 Å². The summed E-state index contributed by atoms with van der Waals surface area (Å²) in [6.07, 6.45) is -1.27. The highest BCUT2D eigenvalue weighted by molar-refractivity contribution is 5.65. The summed E-state index contributed by atoms with van der Waals surface area (Å²) >= 11 is 0. The van der Waals surface area contributed by atoms with Crippen LogP contribution in [0.3, 0.4) is 0 Å². The third-order valence-electron chi connectivity index (χ3n) is 2.58. The number of nitrogens with zero attached hydrogens (tertiary/aromatic N) is 3. The summed E-state index contributed by atoms with van der Waals surface area (Å²) in [4.78, 5) is 10.7. The first-order chi connectivity index (χ1) is 9.45. The van der Waals surface area contributed by atoms with Crippen LogP contribution in [0.2, 0.25) is 0 Å². The summed E-state index contributed by atoms with van der Waals surface area (Å²) in [5, 5.41) is 0. The molecule has 2 rings (SSSR count). The van der Waals surface area contributed by atoms with E-state index < -0.39 is 18.5 Å². The number of hydrogen-bond acceptors (Lipinski definition) is 4. The average molecular weight is 286 g/mol. The maximum Gasteiger partial charge on any atom is 0.433 e. The van der Waals surface area contributed by atoms with Crippen LogP contribution in [0.5, 0.6) is 0 Å². The van der Waals surface area contributed by atoms with Gasteiger partial charge in [0.2, 0.25) is 0 Å². The predicted molar refractivity (Wildman–Crippen MR) is 63.0 cm³/mol. The Bertz CT molecular complexity index is 595. The van der Waals surface area contributed by atoms with E-state index in [0.717, 1.165) is 18.6 Å². The van der Waals surface area contributed by atoms with E-state index >= 15 is 0 Å². The fourth-order valence-corrected chi connectivity index (χ4v) is 1.63. The minimum atomic E-state index is -4.61. The summed E-state index contributed by atoms with van der Waals surface area (Å²) in [5.41, 5.74) is 4.73. The highest BCUT2D eigenvalue weighted by atomic mass is 19.4. The molecule has 8 heteroatoms. The van der Waals surface area contributed by atoms with Gasteiger partial charge in [-0.3, -0.25) is 4.98 Å². The predicted octanol–water partition coefficient (Wildman–Crippen LogP) is 2.49. The molecule has 0 saturated carbocycles. The number of alkyl halides is 4. The van der Waals surface area contributed by atoms with E-state index in [0.29, 0.717) is 5.56 Å². The van der Waals surface area contributed by atoms with Gasteiger partial charge in [-0.15, -0.1) is 0 Å². The van der Waals surface area contributed by atoms with Crippen molar-refractivity contribution in [2.24, 2.45) is 5.73 Å². The van der Waals surface area contributed by atoms with Crippen molar-refractivity contribution in [1.82, 2.24) is 15.0 Å². The van der Waals surface area contributed by atoms with Crippen LogP contribution in [0, 0.1) is 0 Å². The summed E-state index contributed by atoms with van der Waals surface area (Å²) in [6.45, 7) is -0.824. The zero-order valence-corrected chi connectivity index (χ0v) is 10.2. The van der Waals surface area contributed by atoms with E-state index in [2.05, 4.69) is 15.0 Å². The van der Waals surface area contributed by atoms with Crippen LogP contribution in [0.25, 0.3) is 11.1 Å². The molecule has 0 aromatic carbocycles.